The number of nitrogens with one attached hydrogen (secondary N) is 1. The minimum Gasteiger partial charge on any atom is -0.322 e. The molecule has 0 aliphatic carbocycles. The van der Waals surface area contributed by atoms with Gasteiger partial charge in [0.2, 0.25) is 5.56 Å². The van der Waals surface area contributed by atoms with Crippen molar-refractivity contribution in [2.24, 2.45) is 0 Å². The van der Waals surface area contributed by atoms with Gasteiger partial charge in [-0.15, -0.1) is 0 Å². The maximum absolute atomic E-state index is 12.7. The molecular weight excluding hydrogens is 250 g/mol. The summed E-state index contributed by atoms with van der Waals surface area (Å²) >= 11 is 0. The van der Waals surface area contributed by atoms with E-state index >= 15 is 0 Å². The van der Waals surface area contributed by atoms with Crippen molar-refractivity contribution >= 4 is 0 Å². The number of hydrogen-bond donors (Lipinski definition) is 1. The van der Waals surface area contributed by atoms with E-state index in [2.05, 4.69) is 4.98 Å². The van der Waals surface area contributed by atoms with Crippen molar-refractivity contribution in [3.63, 3.8) is 0 Å². The van der Waals surface area contributed by atoms with Crippen LogP contribution in [0.1, 0.15) is 5.56 Å². The lowest BCUT2D eigenvalue weighted by atomic mass is 10.1. The lowest BCUT2D eigenvalue weighted by Crippen LogP contribution is -2.13. The van der Waals surface area contributed by atoms with Crippen molar-refractivity contribution in [3.05, 3.63) is 58.1 Å². The van der Waals surface area contributed by atoms with Crippen LogP contribution < -0.4 is 5.56 Å². The first-order chi connectivity index (χ1) is 8.36. The molecule has 2 rings (SSSR count). The first kappa shape index (κ1) is 12.3. The number of rotatable bonds is 1. The highest BCUT2D eigenvalue weighted by molar-refractivity contribution is 5.59. The number of pyridine rings is 1. The topological polar surface area (TPSA) is 32.9 Å². The molecule has 94 valence electrons. The molecule has 1 aromatic heterocycles. The number of aromatic amines is 1. The summed E-state index contributed by atoms with van der Waals surface area (Å²) in [5.74, 6) is -0.506. The predicted molar refractivity (Wildman–Crippen MR) is 57.5 cm³/mol. The van der Waals surface area contributed by atoms with Gasteiger partial charge in [0.15, 0.2) is 0 Å². The highest BCUT2D eigenvalue weighted by Gasteiger charge is 2.31. The molecule has 0 fully saturated rings. The van der Waals surface area contributed by atoms with Crippen LogP contribution in [0.3, 0.4) is 0 Å². The Morgan fingerprint density at radius 2 is 1.61 bits per heavy atom. The summed E-state index contributed by atoms with van der Waals surface area (Å²) in [7, 11) is 0. The Balaban J connectivity index is 2.55. The SMILES string of the molecule is O=c1cc(C(F)(F)F)cc(-c2ccc(F)cc2)[nH]1. The van der Waals surface area contributed by atoms with E-state index < -0.39 is 23.1 Å². The van der Waals surface area contributed by atoms with Gasteiger partial charge >= 0.3 is 6.18 Å². The molecular formula is C12H7F4NO. The molecule has 1 N–H and O–H groups in total. The van der Waals surface area contributed by atoms with Gasteiger partial charge in [0.1, 0.15) is 5.82 Å². The van der Waals surface area contributed by atoms with Gasteiger partial charge in [-0.3, -0.25) is 4.79 Å². The average molecular weight is 257 g/mol. The third-order valence-corrected chi connectivity index (χ3v) is 2.33. The molecule has 0 saturated heterocycles. The first-order valence-corrected chi connectivity index (χ1v) is 4.94. The molecule has 0 spiro atoms. The Kier molecular flexibility index (Phi) is 2.94. The van der Waals surface area contributed by atoms with Gasteiger partial charge in [0.05, 0.1) is 5.56 Å². The van der Waals surface area contributed by atoms with Crippen LogP contribution in [0.25, 0.3) is 11.3 Å². The molecule has 0 amide bonds. The smallest absolute Gasteiger partial charge is 0.322 e. The van der Waals surface area contributed by atoms with Crippen LogP contribution >= 0.6 is 0 Å². The molecule has 0 bridgehead atoms. The minimum absolute atomic E-state index is 0.00479. The standard InChI is InChI=1S/C12H7F4NO/c13-9-3-1-7(2-4-9)10-5-8(12(14,15)16)6-11(18)17-10/h1-6H,(H,17,18). The van der Waals surface area contributed by atoms with Gasteiger partial charge in [-0.25, -0.2) is 4.39 Å². The van der Waals surface area contributed by atoms with Crippen LogP contribution in [0, 0.1) is 5.82 Å². The van der Waals surface area contributed by atoms with Crippen LogP contribution in [0.2, 0.25) is 0 Å². The molecule has 0 atom stereocenters. The molecule has 6 heteroatoms. The van der Waals surface area contributed by atoms with Gasteiger partial charge in [-0.1, -0.05) is 0 Å². The van der Waals surface area contributed by atoms with Crippen molar-refractivity contribution in [1.82, 2.24) is 4.98 Å². The van der Waals surface area contributed by atoms with E-state index in [0.29, 0.717) is 11.6 Å². The second-order valence-corrected chi connectivity index (χ2v) is 3.65. The zero-order valence-electron chi connectivity index (χ0n) is 8.88. The van der Waals surface area contributed by atoms with E-state index in [1.165, 1.54) is 12.1 Å². The molecule has 1 heterocycles. The molecule has 0 aliphatic heterocycles. The minimum atomic E-state index is -4.59. The fourth-order valence-corrected chi connectivity index (χ4v) is 1.49. The van der Waals surface area contributed by atoms with E-state index in [-0.39, 0.29) is 5.69 Å². The van der Waals surface area contributed by atoms with Crippen molar-refractivity contribution in [1.29, 1.82) is 0 Å². The number of halogens is 4. The highest BCUT2D eigenvalue weighted by atomic mass is 19.4. The Labute approximate surface area is 98.9 Å². The van der Waals surface area contributed by atoms with E-state index in [1.54, 1.807) is 0 Å². The fourth-order valence-electron chi connectivity index (χ4n) is 1.49. The summed E-state index contributed by atoms with van der Waals surface area (Å²) in [5, 5.41) is 0. The number of benzene rings is 1. The van der Waals surface area contributed by atoms with Gasteiger partial charge in [-0.05, 0) is 35.9 Å². The Morgan fingerprint density at radius 1 is 1.00 bits per heavy atom. The summed E-state index contributed by atoms with van der Waals surface area (Å²) in [6.45, 7) is 0. The zero-order valence-corrected chi connectivity index (χ0v) is 8.88. The van der Waals surface area contributed by atoms with Crippen LogP contribution in [0.5, 0.6) is 0 Å². The molecule has 2 aromatic rings. The first-order valence-electron chi connectivity index (χ1n) is 4.94. The Hall–Kier alpha value is -2.11. The van der Waals surface area contributed by atoms with Crippen LogP contribution in [-0.4, -0.2) is 4.98 Å². The quantitative estimate of drug-likeness (QED) is 0.782. The lowest BCUT2D eigenvalue weighted by molar-refractivity contribution is -0.137. The number of H-pyrrole nitrogens is 1. The van der Waals surface area contributed by atoms with Gasteiger partial charge < -0.3 is 4.98 Å². The van der Waals surface area contributed by atoms with E-state index in [4.69, 9.17) is 0 Å². The van der Waals surface area contributed by atoms with Gasteiger partial charge in [-0.2, -0.15) is 13.2 Å². The fraction of sp³-hybridized carbons (Fsp3) is 0.0833. The second-order valence-electron chi connectivity index (χ2n) is 3.65. The van der Waals surface area contributed by atoms with E-state index in [0.717, 1.165) is 18.2 Å². The normalized spacial score (nSPS) is 11.6. The molecule has 1 aromatic carbocycles. The summed E-state index contributed by atoms with van der Waals surface area (Å²) in [5.41, 5.74) is -1.59. The van der Waals surface area contributed by atoms with Crippen molar-refractivity contribution in [2.45, 2.75) is 6.18 Å². The van der Waals surface area contributed by atoms with Gasteiger partial charge in [0, 0.05) is 11.8 Å². The highest BCUT2D eigenvalue weighted by Crippen LogP contribution is 2.30. The van der Waals surface area contributed by atoms with E-state index in [9.17, 15) is 22.4 Å². The maximum Gasteiger partial charge on any atom is 0.416 e. The van der Waals surface area contributed by atoms with Crippen LogP contribution in [-0.2, 0) is 6.18 Å². The molecule has 0 radical (unpaired) electrons. The molecule has 0 aliphatic rings. The van der Waals surface area contributed by atoms with Crippen LogP contribution in [0.15, 0.2) is 41.2 Å². The summed E-state index contributed by atoms with van der Waals surface area (Å²) < 4.78 is 50.2. The third kappa shape index (κ3) is 2.58. The van der Waals surface area contributed by atoms with E-state index in [1.807, 2.05) is 0 Å². The second kappa shape index (κ2) is 4.29. The van der Waals surface area contributed by atoms with Crippen molar-refractivity contribution in [2.75, 3.05) is 0 Å². The third-order valence-electron chi connectivity index (χ3n) is 2.33. The molecule has 0 saturated carbocycles. The Bertz CT molecular complexity index is 613. The predicted octanol–water partition coefficient (Wildman–Crippen LogP) is 3.20. The molecule has 0 unspecified atom stereocenters. The van der Waals surface area contributed by atoms with Crippen LogP contribution in [0.4, 0.5) is 17.6 Å². The lowest BCUT2D eigenvalue weighted by Gasteiger charge is -2.08. The summed E-state index contributed by atoms with van der Waals surface area (Å²) in [6.07, 6.45) is -4.59. The van der Waals surface area contributed by atoms with Crippen molar-refractivity contribution in [3.8, 4) is 11.3 Å². The maximum atomic E-state index is 12.7. The summed E-state index contributed by atoms with van der Waals surface area (Å²) in [4.78, 5) is 13.4. The summed E-state index contributed by atoms with van der Waals surface area (Å²) in [6, 6.07) is 6.09. The van der Waals surface area contributed by atoms with Gasteiger partial charge in [0.25, 0.3) is 0 Å². The average Bonchev–Trinajstić information content (AvgIpc) is 2.28. The number of hydrogen-bond acceptors (Lipinski definition) is 1. The largest absolute Gasteiger partial charge is 0.416 e. The number of alkyl halides is 3. The molecule has 2 nitrogen and oxygen atoms in total. The monoisotopic (exact) mass is 257 g/mol. The number of aromatic nitrogens is 1. The molecule has 18 heavy (non-hydrogen) atoms. The zero-order chi connectivity index (χ0) is 13.3. The Morgan fingerprint density at radius 3 is 2.17 bits per heavy atom. The van der Waals surface area contributed by atoms with Crippen molar-refractivity contribution < 1.29 is 17.6 Å².